The van der Waals surface area contributed by atoms with Crippen LogP contribution in [0.25, 0.3) is 0 Å². The molecule has 1 saturated heterocycles. The van der Waals surface area contributed by atoms with Gasteiger partial charge < -0.3 is 15.4 Å². The smallest absolute Gasteiger partial charge is 0.433 e. The summed E-state index contributed by atoms with van der Waals surface area (Å²) in [6, 6.07) is 2.43. The molecule has 0 aromatic carbocycles. The van der Waals surface area contributed by atoms with Crippen molar-refractivity contribution in [1.29, 1.82) is 0 Å². The molecular weight excluding hydrogens is 271 g/mol. The van der Waals surface area contributed by atoms with E-state index >= 15 is 0 Å². The maximum absolute atomic E-state index is 12.8. The van der Waals surface area contributed by atoms with E-state index in [4.69, 9.17) is 10.5 Å². The molecule has 112 valence electrons. The van der Waals surface area contributed by atoms with Crippen LogP contribution in [0, 0.1) is 0 Å². The van der Waals surface area contributed by atoms with Gasteiger partial charge in [0.15, 0.2) is 0 Å². The highest BCUT2D eigenvalue weighted by Gasteiger charge is 2.33. The Morgan fingerprint density at radius 3 is 2.80 bits per heavy atom. The third-order valence-electron chi connectivity index (χ3n) is 3.26. The summed E-state index contributed by atoms with van der Waals surface area (Å²) < 4.78 is 43.9. The zero-order valence-corrected chi connectivity index (χ0v) is 11.3. The molecule has 0 saturated carbocycles. The second kappa shape index (κ2) is 5.97. The zero-order chi connectivity index (χ0) is 14.8. The monoisotopic (exact) mass is 289 g/mol. The summed E-state index contributed by atoms with van der Waals surface area (Å²) in [6.45, 7) is 1.69. The first-order valence-corrected chi connectivity index (χ1v) is 6.52. The van der Waals surface area contributed by atoms with Crippen LogP contribution in [0.15, 0.2) is 12.1 Å². The van der Waals surface area contributed by atoms with Crippen LogP contribution in [-0.4, -0.2) is 36.1 Å². The van der Waals surface area contributed by atoms with Gasteiger partial charge in [0.25, 0.3) is 0 Å². The van der Waals surface area contributed by atoms with Crippen LogP contribution in [0.1, 0.15) is 24.1 Å². The molecule has 0 spiro atoms. The summed E-state index contributed by atoms with van der Waals surface area (Å²) in [6.07, 6.45) is -2.84. The second-order valence-electron chi connectivity index (χ2n) is 5.05. The van der Waals surface area contributed by atoms with Gasteiger partial charge in [-0.15, -0.1) is 0 Å². The lowest BCUT2D eigenvalue weighted by Crippen LogP contribution is -2.38. The van der Waals surface area contributed by atoms with E-state index in [-0.39, 0.29) is 18.5 Å². The number of pyridine rings is 1. The second-order valence-corrected chi connectivity index (χ2v) is 5.05. The van der Waals surface area contributed by atoms with Gasteiger partial charge in [-0.05, 0) is 38.1 Å². The number of hydrogen-bond acceptors (Lipinski definition) is 4. The minimum atomic E-state index is -4.49. The molecule has 20 heavy (non-hydrogen) atoms. The number of likely N-dealkylation sites (N-methyl/N-ethyl adjacent to an activating group) is 1. The number of rotatable bonds is 3. The fourth-order valence-electron chi connectivity index (χ4n) is 2.27. The molecule has 1 aliphatic rings. The third kappa shape index (κ3) is 3.83. The number of nitrogens with two attached hydrogens (primary N) is 1. The molecule has 2 rings (SSSR count). The molecule has 1 aromatic rings. The minimum absolute atomic E-state index is 0.000532. The minimum Gasteiger partial charge on any atom is -0.473 e. The fraction of sp³-hybridized carbons (Fsp3) is 0.615. The summed E-state index contributed by atoms with van der Waals surface area (Å²) >= 11 is 0. The average molecular weight is 289 g/mol. The largest absolute Gasteiger partial charge is 0.473 e. The highest BCUT2D eigenvalue weighted by molar-refractivity contribution is 5.26. The number of ether oxygens (including phenoxy) is 1. The molecule has 0 bridgehead atoms. The van der Waals surface area contributed by atoms with Gasteiger partial charge >= 0.3 is 6.18 Å². The molecule has 0 radical (unpaired) electrons. The number of hydrogen-bond donors (Lipinski definition) is 1. The molecule has 2 N–H and O–H groups in total. The first-order chi connectivity index (χ1) is 9.38. The molecule has 0 amide bonds. The van der Waals surface area contributed by atoms with Crippen LogP contribution < -0.4 is 10.5 Å². The van der Waals surface area contributed by atoms with Crippen molar-refractivity contribution in [3.05, 3.63) is 23.4 Å². The highest BCUT2D eigenvalue weighted by atomic mass is 19.4. The van der Waals surface area contributed by atoms with Crippen LogP contribution in [0.5, 0.6) is 5.88 Å². The van der Waals surface area contributed by atoms with Gasteiger partial charge in [0.2, 0.25) is 5.88 Å². The van der Waals surface area contributed by atoms with Crippen molar-refractivity contribution in [2.75, 3.05) is 20.1 Å². The Balaban J connectivity index is 2.18. The van der Waals surface area contributed by atoms with Crippen molar-refractivity contribution >= 4 is 0 Å². The summed E-state index contributed by atoms with van der Waals surface area (Å²) in [5, 5.41) is 0. The molecular formula is C13H18F3N3O. The van der Waals surface area contributed by atoms with Crippen molar-refractivity contribution in [2.45, 2.75) is 31.7 Å². The fourth-order valence-corrected chi connectivity index (χ4v) is 2.27. The van der Waals surface area contributed by atoms with E-state index in [0.29, 0.717) is 12.1 Å². The van der Waals surface area contributed by atoms with Gasteiger partial charge in [0, 0.05) is 19.2 Å². The molecule has 1 atom stereocenters. The van der Waals surface area contributed by atoms with E-state index in [9.17, 15) is 13.2 Å². The van der Waals surface area contributed by atoms with Crippen molar-refractivity contribution in [2.24, 2.45) is 5.73 Å². The Morgan fingerprint density at radius 2 is 2.20 bits per heavy atom. The molecule has 1 aliphatic heterocycles. The highest BCUT2D eigenvalue weighted by Crippen LogP contribution is 2.30. The lowest BCUT2D eigenvalue weighted by molar-refractivity contribution is -0.141. The number of halogens is 3. The standard InChI is InChI=1S/C13H18F3N3O/c1-19-4-2-3-10(8-19)20-12-6-9(7-17)5-11(18-12)13(14,15)16/h5-6,10H,2-4,7-8,17H2,1H3/t10-/m0/s1. The first kappa shape index (κ1) is 15.1. The van der Waals surface area contributed by atoms with Gasteiger partial charge in [-0.1, -0.05) is 0 Å². The topological polar surface area (TPSA) is 51.4 Å². The molecule has 0 unspecified atom stereocenters. The molecule has 4 nitrogen and oxygen atoms in total. The summed E-state index contributed by atoms with van der Waals surface area (Å²) in [5.74, 6) is 0.000532. The number of piperidine rings is 1. The number of aromatic nitrogens is 1. The molecule has 0 aliphatic carbocycles. The van der Waals surface area contributed by atoms with E-state index in [1.165, 1.54) is 6.07 Å². The Bertz CT molecular complexity index is 465. The maximum Gasteiger partial charge on any atom is 0.433 e. The maximum atomic E-state index is 12.8. The average Bonchev–Trinajstić information content (AvgIpc) is 2.37. The lowest BCUT2D eigenvalue weighted by Gasteiger charge is -2.29. The summed E-state index contributed by atoms with van der Waals surface area (Å²) in [5.41, 5.74) is 4.84. The van der Waals surface area contributed by atoms with Crippen LogP contribution in [0.3, 0.4) is 0 Å². The number of nitrogens with zero attached hydrogens (tertiary/aromatic N) is 2. The number of likely N-dealkylation sites (tertiary alicyclic amines) is 1. The van der Waals surface area contributed by atoms with Crippen LogP contribution >= 0.6 is 0 Å². The van der Waals surface area contributed by atoms with Crippen molar-refractivity contribution in [3.8, 4) is 5.88 Å². The molecule has 2 heterocycles. The van der Waals surface area contributed by atoms with Crippen molar-refractivity contribution < 1.29 is 17.9 Å². The Morgan fingerprint density at radius 1 is 1.45 bits per heavy atom. The quantitative estimate of drug-likeness (QED) is 0.925. The molecule has 1 fully saturated rings. The van der Waals surface area contributed by atoms with E-state index in [2.05, 4.69) is 9.88 Å². The van der Waals surface area contributed by atoms with Gasteiger partial charge in [0.1, 0.15) is 11.8 Å². The summed E-state index contributed by atoms with van der Waals surface area (Å²) in [7, 11) is 1.96. The van der Waals surface area contributed by atoms with Gasteiger partial charge in [-0.25, -0.2) is 4.98 Å². The number of alkyl halides is 3. The molecule has 7 heteroatoms. The Hall–Kier alpha value is -1.34. The first-order valence-electron chi connectivity index (χ1n) is 6.52. The van der Waals surface area contributed by atoms with Crippen molar-refractivity contribution in [3.63, 3.8) is 0 Å². The Labute approximate surface area is 115 Å². The van der Waals surface area contributed by atoms with Crippen LogP contribution in [-0.2, 0) is 12.7 Å². The van der Waals surface area contributed by atoms with Gasteiger partial charge in [-0.3, -0.25) is 0 Å². The summed E-state index contributed by atoms with van der Waals surface area (Å²) in [4.78, 5) is 5.64. The van der Waals surface area contributed by atoms with E-state index < -0.39 is 11.9 Å². The lowest BCUT2D eigenvalue weighted by atomic mass is 10.1. The SMILES string of the molecule is CN1CCC[C@H](Oc2cc(CN)cc(C(F)(F)F)n2)C1. The van der Waals surface area contributed by atoms with Crippen LogP contribution in [0.4, 0.5) is 13.2 Å². The molecule has 1 aromatic heterocycles. The van der Waals surface area contributed by atoms with Gasteiger partial charge in [-0.2, -0.15) is 13.2 Å². The Kier molecular flexibility index (Phi) is 4.49. The predicted octanol–water partition coefficient (Wildman–Crippen LogP) is 2.03. The van der Waals surface area contributed by atoms with Crippen molar-refractivity contribution in [1.82, 2.24) is 9.88 Å². The zero-order valence-electron chi connectivity index (χ0n) is 11.3. The van der Waals surface area contributed by atoms with Crippen LogP contribution in [0.2, 0.25) is 0 Å². The van der Waals surface area contributed by atoms with E-state index in [1.807, 2.05) is 7.05 Å². The van der Waals surface area contributed by atoms with E-state index in [1.54, 1.807) is 0 Å². The predicted molar refractivity (Wildman–Crippen MR) is 68.3 cm³/mol. The normalized spacial score (nSPS) is 20.9. The van der Waals surface area contributed by atoms with Gasteiger partial charge in [0.05, 0.1) is 0 Å². The van der Waals surface area contributed by atoms with E-state index in [0.717, 1.165) is 25.5 Å². The third-order valence-corrected chi connectivity index (χ3v) is 3.26.